The number of carbonyl (C=O) groups is 1. The van der Waals surface area contributed by atoms with Gasteiger partial charge < -0.3 is 10.1 Å². The van der Waals surface area contributed by atoms with Gasteiger partial charge in [-0.05, 0) is 23.6 Å². The van der Waals surface area contributed by atoms with Gasteiger partial charge >= 0.3 is 0 Å². The molecular formula is C16H16N4O2S. The Morgan fingerprint density at radius 3 is 2.96 bits per heavy atom. The van der Waals surface area contributed by atoms with E-state index in [0.29, 0.717) is 18.0 Å². The summed E-state index contributed by atoms with van der Waals surface area (Å²) in [5.74, 6) is 0.631. The summed E-state index contributed by atoms with van der Waals surface area (Å²) < 4.78 is 6.95. The topological polar surface area (TPSA) is 69.0 Å². The summed E-state index contributed by atoms with van der Waals surface area (Å²) in [6.45, 7) is 0.347. The number of para-hydroxylation sites is 1. The molecule has 0 spiro atoms. The second-order valence-electron chi connectivity index (χ2n) is 4.87. The number of ether oxygens (including phenoxy) is 1. The number of carbonyl (C=O) groups excluding carboxylic acids is 1. The van der Waals surface area contributed by atoms with E-state index in [1.54, 1.807) is 23.1 Å². The van der Waals surface area contributed by atoms with Crippen molar-refractivity contribution in [1.82, 2.24) is 20.3 Å². The molecule has 6 nitrogen and oxygen atoms in total. The Bertz CT molecular complexity index is 783. The number of aromatic nitrogens is 3. The van der Waals surface area contributed by atoms with Crippen molar-refractivity contribution in [2.75, 3.05) is 7.11 Å². The maximum Gasteiger partial charge on any atom is 0.224 e. The number of nitrogens with zero attached hydrogens (tertiary/aromatic N) is 3. The number of hydrogen-bond acceptors (Lipinski definition) is 5. The van der Waals surface area contributed by atoms with E-state index in [9.17, 15) is 4.79 Å². The van der Waals surface area contributed by atoms with Crippen molar-refractivity contribution in [1.29, 1.82) is 0 Å². The molecule has 0 saturated heterocycles. The largest absolute Gasteiger partial charge is 0.496 e. The first-order chi connectivity index (χ1) is 11.3. The van der Waals surface area contributed by atoms with Crippen molar-refractivity contribution in [3.63, 3.8) is 0 Å². The van der Waals surface area contributed by atoms with Crippen LogP contribution in [0.5, 0.6) is 5.75 Å². The van der Waals surface area contributed by atoms with Crippen LogP contribution in [0, 0.1) is 0 Å². The molecule has 2 heterocycles. The molecule has 0 aliphatic carbocycles. The lowest BCUT2D eigenvalue weighted by Crippen LogP contribution is -2.24. The third kappa shape index (κ3) is 3.75. The summed E-state index contributed by atoms with van der Waals surface area (Å²) >= 11 is 1.58. The summed E-state index contributed by atoms with van der Waals surface area (Å²) in [4.78, 5) is 12.1. The molecule has 118 valence electrons. The summed E-state index contributed by atoms with van der Waals surface area (Å²) in [7, 11) is 1.60. The fourth-order valence-electron chi connectivity index (χ4n) is 2.16. The van der Waals surface area contributed by atoms with Gasteiger partial charge in [-0.3, -0.25) is 4.79 Å². The van der Waals surface area contributed by atoms with Gasteiger partial charge in [-0.2, -0.15) is 0 Å². The molecule has 1 aromatic carbocycles. The fourth-order valence-corrected chi connectivity index (χ4v) is 2.81. The Hall–Kier alpha value is -2.67. The van der Waals surface area contributed by atoms with Gasteiger partial charge in [0.1, 0.15) is 16.4 Å². The SMILES string of the molecule is COc1ccccc1CC(=O)NCc1cn(-c2cccs2)nn1. The Kier molecular flexibility index (Phi) is 4.68. The predicted octanol–water partition coefficient (Wildman–Crippen LogP) is 2.20. The average Bonchev–Trinajstić information content (AvgIpc) is 3.24. The minimum absolute atomic E-state index is 0.0832. The van der Waals surface area contributed by atoms with Crippen LogP contribution in [0.15, 0.2) is 48.0 Å². The van der Waals surface area contributed by atoms with Gasteiger partial charge in [-0.25, -0.2) is 4.68 Å². The van der Waals surface area contributed by atoms with Crippen LogP contribution in [0.3, 0.4) is 0 Å². The monoisotopic (exact) mass is 328 g/mol. The molecule has 3 aromatic rings. The minimum atomic E-state index is -0.0832. The number of nitrogens with one attached hydrogen (secondary N) is 1. The van der Waals surface area contributed by atoms with Crippen molar-refractivity contribution in [3.8, 4) is 10.8 Å². The zero-order valence-electron chi connectivity index (χ0n) is 12.6. The lowest BCUT2D eigenvalue weighted by Gasteiger charge is -2.08. The Balaban J connectivity index is 1.57. The lowest BCUT2D eigenvalue weighted by atomic mass is 10.1. The average molecular weight is 328 g/mol. The summed E-state index contributed by atoms with van der Waals surface area (Å²) in [6, 6.07) is 11.4. The molecule has 0 unspecified atom stereocenters. The molecule has 23 heavy (non-hydrogen) atoms. The Labute approximate surface area is 137 Å². The third-order valence-corrected chi connectivity index (χ3v) is 4.14. The highest BCUT2D eigenvalue weighted by molar-refractivity contribution is 7.12. The number of methoxy groups -OCH3 is 1. The van der Waals surface area contributed by atoms with Crippen LogP contribution >= 0.6 is 11.3 Å². The van der Waals surface area contributed by atoms with E-state index in [0.717, 1.165) is 10.6 Å². The molecule has 7 heteroatoms. The van der Waals surface area contributed by atoms with Gasteiger partial charge in [-0.15, -0.1) is 16.4 Å². The molecule has 0 fully saturated rings. The number of benzene rings is 1. The first-order valence-corrected chi connectivity index (χ1v) is 7.98. The fraction of sp³-hybridized carbons (Fsp3) is 0.188. The van der Waals surface area contributed by atoms with Gasteiger partial charge in [0, 0.05) is 5.56 Å². The van der Waals surface area contributed by atoms with E-state index >= 15 is 0 Å². The maximum absolute atomic E-state index is 12.1. The second-order valence-corrected chi connectivity index (χ2v) is 5.80. The van der Waals surface area contributed by atoms with Gasteiger partial charge in [-0.1, -0.05) is 23.4 Å². The van der Waals surface area contributed by atoms with E-state index < -0.39 is 0 Å². The minimum Gasteiger partial charge on any atom is -0.496 e. The first kappa shape index (κ1) is 15.2. The quantitative estimate of drug-likeness (QED) is 0.753. The summed E-state index contributed by atoms with van der Waals surface area (Å²) in [5, 5.41) is 13.9. The molecule has 1 N–H and O–H groups in total. The molecule has 0 atom stereocenters. The van der Waals surface area contributed by atoms with Crippen LogP contribution in [0.1, 0.15) is 11.3 Å². The number of rotatable bonds is 6. The molecule has 0 aliphatic heterocycles. The summed E-state index contributed by atoms with van der Waals surface area (Å²) in [6.07, 6.45) is 2.08. The van der Waals surface area contributed by atoms with Crippen molar-refractivity contribution in [2.24, 2.45) is 0 Å². The standard InChI is InChI=1S/C16H16N4O2S/c1-22-14-6-3-2-5-12(14)9-15(21)17-10-13-11-20(19-18-13)16-7-4-8-23-16/h2-8,11H,9-10H2,1H3,(H,17,21). The van der Waals surface area contributed by atoms with Crippen LogP contribution < -0.4 is 10.1 Å². The molecule has 0 bridgehead atoms. The molecule has 3 rings (SSSR count). The zero-order valence-corrected chi connectivity index (χ0v) is 13.4. The van der Waals surface area contributed by atoms with Gasteiger partial charge in [0.25, 0.3) is 0 Å². The van der Waals surface area contributed by atoms with Crippen LogP contribution in [-0.4, -0.2) is 28.0 Å². The molecule has 2 aromatic heterocycles. The Morgan fingerprint density at radius 2 is 2.17 bits per heavy atom. The second kappa shape index (κ2) is 7.06. The first-order valence-electron chi connectivity index (χ1n) is 7.10. The number of amides is 1. The Morgan fingerprint density at radius 1 is 1.30 bits per heavy atom. The molecule has 0 saturated carbocycles. The van der Waals surface area contributed by atoms with Crippen LogP contribution in [0.25, 0.3) is 5.00 Å². The van der Waals surface area contributed by atoms with E-state index in [4.69, 9.17) is 4.74 Å². The van der Waals surface area contributed by atoms with Crippen molar-refractivity contribution in [2.45, 2.75) is 13.0 Å². The van der Waals surface area contributed by atoms with Gasteiger partial charge in [0.15, 0.2) is 0 Å². The number of hydrogen-bond donors (Lipinski definition) is 1. The van der Waals surface area contributed by atoms with Crippen molar-refractivity contribution < 1.29 is 9.53 Å². The van der Waals surface area contributed by atoms with Crippen LogP contribution in [0.2, 0.25) is 0 Å². The smallest absolute Gasteiger partial charge is 0.224 e. The zero-order chi connectivity index (χ0) is 16.1. The normalized spacial score (nSPS) is 10.5. The molecule has 0 aliphatic rings. The lowest BCUT2D eigenvalue weighted by molar-refractivity contribution is -0.120. The van der Waals surface area contributed by atoms with Gasteiger partial charge in [0.2, 0.25) is 5.91 Å². The third-order valence-electron chi connectivity index (χ3n) is 3.28. The van der Waals surface area contributed by atoms with E-state index in [1.807, 2.05) is 48.0 Å². The maximum atomic E-state index is 12.1. The van der Waals surface area contributed by atoms with E-state index in [2.05, 4.69) is 15.6 Å². The highest BCUT2D eigenvalue weighted by atomic mass is 32.1. The van der Waals surface area contributed by atoms with Crippen LogP contribution in [-0.2, 0) is 17.8 Å². The summed E-state index contributed by atoms with van der Waals surface area (Å²) in [5.41, 5.74) is 1.57. The molecule has 1 amide bonds. The van der Waals surface area contributed by atoms with E-state index in [1.165, 1.54) is 0 Å². The van der Waals surface area contributed by atoms with Crippen molar-refractivity contribution >= 4 is 17.2 Å². The van der Waals surface area contributed by atoms with Gasteiger partial charge in [0.05, 0.1) is 26.3 Å². The highest BCUT2D eigenvalue weighted by Gasteiger charge is 2.09. The molecular weight excluding hydrogens is 312 g/mol. The molecule has 0 radical (unpaired) electrons. The van der Waals surface area contributed by atoms with Crippen molar-refractivity contribution in [3.05, 3.63) is 59.2 Å². The predicted molar refractivity (Wildman–Crippen MR) is 87.8 cm³/mol. The van der Waals surface area contributed by atoms with E-state index in [-0.39, 0.29) is 12.3 Å². The van der Waals surface area contributed by atoms with Crippen LogP contribution in [0.4, 0.5) is 0 Å². The highest BCUT2D eigenvalue weighted by Crippen LogP contribution is 2.17. The number of thiophene rings is 1.